The first-order chi connectivity index (χ1) is 11.5. The van der Waals surface area contributed by atoms with Crippen LogP contribution in [0.4, 0.5) is 0 Å². The highest BCUT2D eigenvalue weighted by molar-refractivity contribution is 5.77. The summed E-state index contributed by atoms with van der Waals surface area (Å²) in [6.45, 7) is 5.66. The lowest BCUT2D eigenvalue weighted by atomic mass is 10.1. The summed E-state index contributed by atoms with van der Waals surface area (Å²) in [5, 5.41) is 6.91. The van der Waals surface area contributed by atoms with E-state index in [1.807, 2.05) is 39.0 Å². The average Bonchev–Trinajstić information content (AvgIpc) is 2.90. The number of carbonyl (C=O) groups excluding carboxylic acids is 1. The Morgan fingerprint density at radius 1 is 1.29 bits per heavy atom. The summed E-state index contributed by atoms with van der Waals surface area (Å²) in [6, 6.07) is 5.35. The number of nitrogens with one attached hydrogen (secondary N) is 1. The van der Waals surface area contributed by atoms with Gasteiger partial charge in [0.1, 0.15) is 17.3 Å². The molecule has 0 aliphatic heterocycles. The van der Waals surface area contributed by atoms with Crippen LogP contribution in [0.2, 0.25) is 0 Å². The molecule has 0 fully saturated rings. The minimum Gasteiger partial charge on any atom is -0.497 e. The Labute approximate surface area is 142 Å². The molecular formula is C18H24N2O4. The van der Waals surface area contributed by atoms with E-state index in [9.17, 15) is 4.79 Å². The third kappa shape index (κ3) is 4.07. The van der Waals surface area contributed by atoms with E-state index >= 15 is 0 Å². The van der Waals surface area contributed by atoms with Crippen LogP contribution in [-0.2, 0) is 11.2 Å². The van der Waals surface area contributed by atoms with Gasteiger partial charge in [-0.15, -0.1) is 0 Å². The van der Waals surface area contributed by atoms with Crippen LogP contribution in [0.25, 0.3) is 0 Å². The van der Waals surface area contributed by atoms with Crippen molar-refractivity contribution < 1.29 is 18.8 Å². The lowest BCUT2D eigenvalue weighted by Crippen LogP contribution is -2.27. The Morgan fingerprint density at radius 2 is 2.04 bits per heavy atom. The number of aryl methyl sites for hydroxylation is 2. The van der Waals surface area contributed by atoms with E-state index in [0.29, 0.717) is 18.6 Å². The molecule has 1 N–H and O–H groups in total. The standard InChI is InChI=1S/C18H24N2O4/c1-11(16-10-14(22-4)6-8-17(16)23-5)19-18(21)9-7-15-12(2)20-24-13(15)3/h6,8,10-11H,7,9H2,1-5H3,(H,19,21). The summed E-state index contributed by atoms with van der Waals surface area (Å²) in [6.07, 6.45) is 0.981. The molecule has 0 aliphatic rings. The fourth-order valence-corrected chi connectivity index (χ4v) is 2.67. The SMILES string of the molecule is COc1ccc(OC)c(C(C)NC(=O)CCc2c(C)noc2C)c1. The highest BCUT2D eigenvalue weighted by atomic mass is 16.5. The summed E-state index contributed by atoms with van der Waals surface area (Å²) in [4.78, 5) is 12.3. The third-order valence-corrected chi connectivity index (χ3v) is 4.06. The van der Waals surface area contributed by atoms with Gasteiger partial charge in [-0.25, -0.2) is 0 Å². The Balaban J connectivity index is 2.01. The fourth-order valence-electron chi connectivity index (χ4n) is 2.67. The first-order valence-corrected chi connectivity index (χ1v) is 7.89. The quantitative estimate of drug-likeness (QED) is 0.843. The Bertz CT molecular complexity index is 690. The molecule has 1 atom stereocenters. The van der Waals surface area contributed by atoms with Gasteiger partial charge >= 0.3 is 0 Å². The second-order valence-electron chi connectivity index (χ2n) is 5.70. The van der Waals surface area contributed by atoms with Crippen molar-refractivity contribution in [3.05, 3.63) is 40.8 Å². The third-order valence-electron chi connectivity index (χ3n) is 4.06. The van der Waals surface area contributed by atoms with E-state index in [2.05, 4.69) is 10.5 Å². The molecule has 1 aromatic carbocycles. The van der Waals surface area contributed by atoms with Crippen LogP contribution in [-0.4, -0.2) is 25.3 Å². The summed E-state index contributed by atoms with van der Waals surface area (Å²) in [7, 11) is 3.22. The van der Waals surface area contributed by atoms with Gasteiger partial charge in [0.25, 0.3) is 0 Å². The Morgan fingerprint density at radius 3 is 2.62 bits per heavy atom. The molecule has 1 heterocycles. The van der Waals surface area contributed by atoms with Gasteiger partial charge in [-0.05, 0) is 45.4 Å². The number of nitrogens with zero attached hydrogens (tertiary/aromatic N) is 1. The van der Waals surface area contributed by atoms with Gasteiger partial charge in [-0.2, -0.15) is 0 Å². The van der Waals surface area contributed by atoms with Crippen molar-refractivity contribution in [2.75, 3.05) is 14.2 Å². The first kappa shape index (κ1) is 17.8. The fraction of sp³-hybridized carbons (Fsp3) is 0.444. The summed E-state index contributed by atoms with van der Waals surface area (Å²) >= 11 is 0. The number of rotatable bonds is 7. The summed E-state index contributed by atoms with van der Waals surface area (Å²) < 4.78 is 15.7. The van der Waals surface area contributed by atoms with E-state index < -0.39 is 0 Å². The van der Waals surface area contributed by atoms with Crippen molar-refractivity contribution in [3.8, 4) is 11.5 Å². The molecule has 2 aromatic rings. The molecule has 24 heavy (non-hydrogen) atoms. The molecule has 0 spiro atoms. The highest BCUT2D eigenvalue weighted by Crippen LogP contribution is 2.29. The molecular weight excluding hydrogens is 308 g/mol. The Hall–Kier alpha value is -2.50. The van der Waals surface area contributed by atoms with Crippen molar-refractivity contribution in [3.63, 3.8) is 0 Å². The number of carbonyl (C=O) groups is 1. The number of methoxy groups -OCH3 is 2. The van der Waals surface area contributed by atoms with E-state index in [0.717, 1.165) is 28.3 Å². The van der Waals surface area contributed by atoms with Crippen molar-refractivity contribution in [1.29, 1.82) is 0 Å². The predicted molar refractivity (Wildman–Crippen MR) is 90.4 cm³/mol. The van der Waals surface area contributed by atoms with Gasteiger partial charge in [0.15, 0.2) is 0 Å². The molecule has 0 radical (unpaired) electrons. The minimum absolute atomic E-state index is 0.0348. The normalized spacial score (nSPS) is 11.9. The van der Waals surface area contributed by atoms with E-state index in [-0.39, 0.29) is 11.9 Å². The number of ether oxygens (including phenoxy) is 2. The monoisotopic (exact) mass is 332 g/mol. The maximum absolute atomic E-state index is 12.3. The van der Waals surface area contributed by atoms with Gasteiger partial charge in [0.2, 0.25) is 5.91 Å². The molecule has 2 rings (SSSR count). The molecule has 130 valence electrons. The lowest BCUT2D eigenvalue weighted by Gasteiger charge is -2.18. The lowest BCUT2D eigenvalue weighted by molar-refractivity contribution is -0.121. The Kier molecular flexibility index (Phi) is 5.84. The van der Waals surface area contributed by atoms with Crippen LogP contribution < -0.4 is 14.8 Å². The van der Waals surface area contributed by atoms with E-state index in [1.165, 1.54) is 0 Å². The summed E-state index contributed by atoms with van der Waals surface area (Å²) in [5.74, 6) is 2.17. The zero-order valence-electron chi connectivity index (χ0n) is 14.8. The molecule has 6 heteroatoms. The molecule has 0 aliphatic carbocycles. The number of aromatic nitrogens is 1. The van der Waals surface area contributed by atoms with Crippen LogP contribution in [0, 0.1) is 13.8 Å². The topological polar surface area (TPSA) is 73.6 Å². The molecule has 6 nitrogen and oxygen atoms in total. The van der Waals surface area contributed by atoms with Crippen LogP contribution in [0.15, 0.2) is 22.7 Å². The van der Waals surface area contributed by atoms with Gasteiger partial charge in [-0.3, -0.25) is 4.79 Å². The van der Waals surface area contributed by atoms with Crippen LogP contribution in [0.5, 0.6) is 11.5 Å². The number of amides is 1. The largest absolute Gasteiger partial charge is 0.497 e. The molecule has 0 bridgehead atoms. The maximum atomic E-state index is 12.3. The van der Waals surface area contributed by atoms with Gasteiger partial charge in [0.05, 0.1) is 26.0 Å². The van der Waals surface area contributed by atoms with Gasteiger partial charge < -0.3 is 19.3 Å². The molecule has 1 amide bonds. The van der Waals surface area contributed by atoms with Crippen LogP contribution >= 0.6 is 0 Å². The second kappa shape index (κ2) is 7.86. The zero-order valence-corrected chi connectivity index (χ0v) is 14.8. The number of hydrogen-bond acceptors (Lipinski definition) is 5. The van der Waals surface area contributed by atoms with Crippen LogP contribution in [0.1, 0.15) is 42.0 Å². The predicted octanol–water partition coefficient (Wildman–Crippen LogP) is 3.12. The number of benzene rings is 1. The first-order valence-electron chi connectivity index (χ1n) is 7.89. The molecule has 1 aromatic heterocycles. The highest BCUT2D eigenvalue weighted by Gasteiger charge is 2.16. The van der Waals surface area contributed by atoms with Crippen molar-refractivity contribution in [2.24, 2.45) is 0 Å². The smallest absolute Gasteiger partial charge is 0.220 e. The molecule has 0 saturated carbocycles. The zero-order chi connectivity index (χ0) is 17.7. The second-order valence-corrected chi connectivity index (χ2v) is 5.70. The van der Waals surface area contributed by atoms with E-state index in [4.69, 9.17) is 14.0 Å². The van der Waals surface area contributed by atoms with E-state index in [1.54, 1.807) is 14.2 Å². The average molecular weight is 332 g/mol. The minimum atomic E-state index is -0.188. The van der Waals surface area contributed by atoms with Crippen molar-refractivity contribution >= 4 is 5.91 Å². The van der Waals surface area contributed by atoms with Crippen molar-refractivity contribution in [2.45, 2.75) is 39.7 Å². The van der Waals surface area contributed by atoms with Crippen LogP contribution in [0.3, 0.4) is 0 Å². The number of hydrogen-bond donors (Lipinski definition) is 1. The van der Waals surface area contributed by atoms with Crippen molar-refractivity contribution in [1.82, 2.24) is 10.5 Å². The molecule has 0 saturated heterocycles. The summed E-state index contributed by atoms with van der Waals surface area (Å²) in [5.41, 5.74) is 2.71. The van der Waals surface area contributed by atoms with Gasteiger partial charge in [0, 0.05) is 17.5 Å². The maximum Gasteiger partial charge on any atom is 0.220 e. The molecule has 1 unspecified atom stereocenters. The van der Waals surface area contributed by atoms with Gasteiger partial charge in [-0.1, -0.05) is 5.16 Å².